The number of hydrogen-bond donors (Lipinski definition) is 2. The Bertz CT molecular complexity index is 1190. The topological polar surface area (TPSA) is 109 Å². The summed E-state index contributed by atoms with van der Waals surface area (Å²) in [6.45, 7) is 0.333. The van der Waals surface area contributed by atoms with Crippen molar-refractivity contribution in [2.24, 2.45) is 7.05 Å². The fourth-order valence-electron chi connectivity index (χ4n) is 3.49. The third kappa shape index (κ3) is 5.07. The molecule has 3 heterocycles. The molecule has 4 rings (SSSR count). The largest absolute Gasteiger partial charge is 0.446 e. The van der Waals surface area contributed by atoms with Crippen LogP contribution in [-0.4, -0.2) is 27.9 Å². The standard InChI is InChI=1S/C22H21N5O3S2/c1-27-14(8-9-25-27)13-24-22(29)30-15-4-6-17-18(12-23)21(32-19(17)11-15)26-20(28)7-5-16-3-2-10-31-16/h2-3,5,7-10,15H,4,6,11,13H2,1H3,(H,24,29)(H,26,28)/b7-5+. The average molecular weight is 468 g/mol. The first-order chi connectivity index (χ1) is 15.5. The molecule has 0 saturated carbocycles. The van der Waals surface area contributed by atoms with Gasteiger partial charge in [0.2, 0.25) is 5.91 Å². The number of aromatic nitrogens is 2. The smallest absolute Gasteiger partial charge is 0.407 e. The van der Waals surface area contributed by atoms with Gasteiger partial charge in [-0.3, -0.25) is 9.48 Å². The number of nitrogens with one attached hydrogen (secondary N) is 2. The highest BCUT2D eigenvalue weighted by atomic mass is 32.1. The maximum Gasteiger partial charge on any atom is 0.407 e. The summed E-state index contributed by atoms with van der Waals surface area (Å²) in [6, 6.07) is 7.89. The SMILES string of the molecule is Cn1nccc1CNC(=O)OC1CCc2c(sc(NC(=O)/C=C/c3cccs3)c2C#N)C1. The molecular weight excluding hydrogens is 446 g/mol. The molecule has 32 heavy (non-hydrogen) atoms. The quantitative estimate of drug-likeness (QED) is 0.535. The lowest BCUT2D eigenvalue weighted by molar-refractivity contribution is -0.111. The third-order valence-electron chi connectivity index (χ3n) is 5.12. The zero-order valence-electron chi connectivity index (χ0n) is 17.3. The maximum absolute atomic E-state index is 12.3. The minimum atomic E-state index is -0.482. The lowest BCUT2D eigenvalue weighted by Gasteiger charge is -2.22. The second kappa shape index (κ2) is 9.80. The molecule has 164 valence electrons. The third-order valence-corrected chi connectivity index (χ3v) is 7.13. The molecule has 2 N–H and O–H groups in total. The predicted molar refractivity (Wildman–Crippen MR) is 123 cm³/mol. The van der Waals surface area contributed by atoms with E-state index in [4.69, 9.17) is 4.74 Å². The summed E-state index contributed by atoms with van der Waals surface area (Å²) >= 11 is 2.92. The molecule has 0 fully saturated rings. The van der Waals surface area contributed by atoms with Crippen molar-refractivity contribution in [2.75, 3.05) is 5.32 Å². The van der Waals surface area contributed by atoms with Gasteiger partial charge in [0.05, 0.1) is 17.8 Å². The van der Waals surface area contributed by atoms with Gasteiger partial charge in [0.15, 0.2) is 0 Å². The van der Waals surface area contributed by atoms with E-state index in [9.17, 15) is 14.9 Å². The summed E-state index contributed by atoms with van der Waals surface area (Å²) in [5.41, 5.74) is 2.31. The first kappa shape index (κ1) is 21.8. The second-order valence-corrected chi connectivity index (χ2v) is 9.31. The highest BCUT2D eigenvalue weighted by Crippen LogP contribution is 2.38. The number of fused-ring (bicyclic) bond motifs is 1. The fraction of sp³-hybridized carbons (Fsp3) is 0.273. The van der Waals surface area contributed by atoms with Crippen LogP contribution in [0.25, 0.3) is 6.08 Å². The van der Waals surface area contributed by atoms with Crippen LogP contribution in [0.5, 0.6) is 0 Å². The fourth-order valence-corrected chi connectivity index (χ4v) is 5.37. The van der Waals surface area contributed by atoms with Crippen LogP contribution in [0.15, 0.2) is 35.9 Å². The van der Waals surface area contributed by atoms with E-state index in [0.717, 1.165) is 21.0 Å². The number of thiophene rings is 2. The molecule has 3 aromatic heterocycles. The highest BCUT2D eigenvalue weighted by molar-refractivity contribution is 7.16. The molecule has 1 aliphatic carbocycles. The van der Waals surface area contributed by atoms with Crippen molar-refractivity contribution in [2.45, 2.75) is 31.9 Å². The molecule has 8 nitrogen and oxygen atoms in total. The van der Waals surface area contributed by atoms with Gasteiger partial charge in [0, 0.05) is 35.5 Å². The summed E-state index contributed by atoms with van der Waals surface area (Å²) in [6.07, 6.45) is 5.89. The number of nitrogens with zero attached hydrogens (tertiary/aromatic N) is 3. The van der Waals surface area contributed by atoms with Crippen LogP contribution >= 0.6 is 22.7 Å². The second-order valence-electron chi connectivity index (χ2n) is 7.23. The van der Waals surface area contributed by atoms with Gasteiger partial charge in [-0.05, 0) is 42.0 Å². The summed E-state index contributed by atoms with van der Waals surface area (Å²) in [4.78, 5) is 26.5. The Hall–Kier alpha value is -3.42. The summed E-state index contributed by atoms with van der Waals surface area (Å²) in [5.74, 6) is -0.282. The number of anilines is 1. The Kier molecular flexibility index (Phi) is 6.68. The molecule has 0 aliphatic heterocycles. The van der Waals surface area contributed by atoms with E-state index in [1.807, 2.05) is 30.6 Å². The highest BCUT2D eigenvalue weighted by Gasteiger charge is 2.28. The number of nitriles is 1. The van der Waals surface area contributed by atoms with Crippen molar-refractivity contribution < 1.29 is 14.3 Å². The van der Waals surface area contributed by atoms with Crippen LogP contribution in [0.3, 0.4) is 0 Å². The van der Waals surface area contributed by atoms with Crippen molar-refractivity contribution in [1.29, 1.82) is 5.26 Å². The van der Waals surface area contributed by atoms with Gasteiger partial charge in [-0.25, -0.2) is 4.79 Å². The molecule has 0 bridgehead atoms. The van der Waals surface area contributed by atoms with E-state index in [-0.39, 0.29) is 12.0 Å². The number of ether oxygens (including phenoxy) is 1. The Morgan fingerprint density at radius 1 is 1.44 bits per heavy atom. The van der Waals surface area contributed by atoms with Crippen LogP contribution < -0.4 is 10.6 Å². The van der Waals surface area contributed by atoms with E-state index in [1.165, 1.54) is 17.4 Å². The molecule has 0 aromatic carbocycles. The van der Waals surface area contributed by atoms with E-state index >= 15 is 0 Å². The van der Waals surface area contributed by atoms with E-state index in [2.05, 4.69) is 21.8 Å². The van der Waals surface area contributed by atoms with Crippen LogP contribution in [0.4, 0.5) is 9.80 Å². The first-order valence-electron chi connectivity index (χ1n) is 10.0. The van der Waals surface area contributed by atoms with E-state index < -0.39 is 6.09 Å². The van der Waals surface area contributed by atoms with Crippen LogP contribution in [-0.2, 0) is 36.0 Å². The van der Waals surface area contributed by atoms with Gasteiger partial charge in [-0.2, -0.15) is 10.4 Å². The number of alkyl carbamates (subject to hydrolysis) is 1. The molecule has 1 aliphatic rings. The maximum atomic E-state index is 12.3. The zero-order chi connectivity index (χ0) is 22.5. The van der Waals surface area contributed by atoms with Crippen LogP contribution in [0, 0.1) is 11.3 Å². The Balaban J connectivity index is 1.36. The van der Waals surface area contributed by atoms with Crippen LogP contribution in [0.1, 0.15) is 33.0 Å². The van der Waals surface area contributed by atoms with Crippen molar-refractivity contribution in [3.8, 4) is 6.07 Å². The van der Waals surface area contributed by atoms with Crippen molar-refractivity contribution in [3.63, 3.8) is 0 Å². The number of aryl methyl sites for hydroxylation is 1. The summed E-state index contributed by atoms with van der Waals surface area (Å²) in [7, 11) is 1.81. The minimum absolute atomic E-state index is 0.276. The van der Waals surface area contributed by atoms with Gasteiger partial charge in [0.25, 0.3) is 0 Å². The van der Waals surface area contributed by atoms with Crippen molar-refractivity contribution in [1.82, 2.24) is 15.1 Å². The Morgan fingerprint density at radius 3 is 3.03 bits per heavy atom. The first-order valence-corrected chi connectivity index (χ1v) is 11.7. The normalized spacial score (nSPS) is 15.2. The molecular formula is C22H21N5O3S2. The molecule has 0 spiro atoms. The predicted octanol–water partition coefficient (Wildman–Crippen LogP) is 3.85. The van der Waals surface area contributed by atoms with Gasteiger partial charge in [-0.1, -0.05) is 6.07 Å². The van der Waals surface area contributed by atoms with Crippen molar-refractivity contribution in [3.05, 3.63) is 62.4 Å². The Morgan fingerprint density at radius 2 is 2.31 bits per heavy atom. The zero-order valence-corrected chi connectivity index (χ0v) is 19.0. The molecule has 3 aromatic rings. The molecule has 2 amide bonds. The average Bonchev–Trinajstić information content (AvgIpc) is 3.50. The summed E-state index contributed by atoms with van der Waals surface area (Å²) < 4.78 is 7.26. The number of hydrogen-bond acceptors (Lipinski definition) is 7. The Labute approximate surface area is 193 Å². The molecule has 0 radical (unpaired) electrons. The lowest BCUT2D eigenvalue weighted by Crippen LogP contribution is -2.32. The van der Waals surface area contributed by atoms with Gasteiger partial charge in [-0.15, -0.1) is 22.7 Å². The number of amides is 2. The minimum Gasteiger partial charge on any atom is -0.446 e. The number of carbonyl (C=O) groups excluding carboxylic acids is 2. The summed E-state index contributed by atoms with van der Waals surface area (Å²) in [5, 5.41) is 21.8. The molecule has 1 unspecified atom stereocenters. The number of carbonyl (C=O) groups is 2. The lowest BCUT2D eigenvalue weighted by atomic mass is 9.94. The monoisotopic (exact) mass is 467 g/mol. The van der Waals surface area contributed by atoms with E-state index in [0.29, 0.717) is 36.4 Å². The molecule has 1 atom stereocenters. The molecule has 10 heteroatoms. The van der Waals surface area contributed by atoms with Crippen molar-refractivity contribution >= 4 is 45.8 Å². The number of rotatable bonds is 6. The molecule has 0 saturated heterocycles. The van der Waals surface area contributed by atoms with Gasteiger partial charge >= 0.3 is 6.09 Å². The van der Waals surface area contributed by atoms with Crippen LogP contribution in [0.2, 0.25) is 0 Å². The van der Waals surface area contributed by atoms with Gasteiger partial charge < -0.3 is 15.4 Å². The van der Waals surface area contributed by atoms with Gasteiger partial charge in [0.1, 0.15) is 17.2 Å². The van der Waals surface area contributed by atoms with E-state index in [1.54, 1.807) is 28.3 Å².